The molecule has 0 saturated carbocycles. The Bertz CT molecular complexity index is 1270. The highest BCUT2D eigenvalue weighted by molar-refractivity contribution is 9.11. The maximum Gasteiger partial charge on any atom is 0.412 e. The highest BCUT2D eigenvalue weighted by atomic mass is 79.9. The molecule has 0 radical (unpaired) electrons. The van der Waals surface area contributed by atoms with E-state index in [2.05, 4.69) is 37.2 Å². The lowest BCUT2D eigenvalue weighted by molar-refractivity contribution is -0.131. The van der Waals surface area contributed by atoms with Gasteiger partial charge in [0.25, 0.3) is 0 Å². The van der Waals surface area contributed by atoms with Crippen LogP contribution in [-0.4, -0.2) is 28.4 Å². The number of aliphatic carboxylic acids is 1. The Morgan fingerprint density at radius 1 is 1.06 bits per heavy atom. The van der Waals surface area contributed by atoms with Crippen molar-refractivity contribution in [2.24, 2.45) is 0 Å². The molecule has 0 spiro atoms. The molecule has 1 amide bonds. The van der Waals surface area contributed by atoms with Crippen molar-refractivity contribution in [1.82, 2.24) is 0 Å². The van der Waals surface area contributed by atoms with Gasteiger partial charge in [0.2, 0.25) is 0 Å². The zero-order chi connectivity index (χ0) is 25.4. The van der Waals surface area contributed by atoms with Gasteiger partial charge in [-0.25, -0.2) is 9.59 Å². The van der Waals surface area contributed by atoms with Gasteiger partial charge in [-0.15, -0.1) is 0 Å². The number of phenolic OH excluding ortho intramolecular Hbond substituents is 1. The van der Waals surface area contributed by atoms with Gasteiger partial charge in [-0.3, -0.25) is 5.32 Å². The van der Waals surface area contributed by atoms with E-state index in [0.717, 1.165) is 6.08 Å². The standard InChI is InChI=1S/C25H18Br2N2O6/c26-16-12-19(23(32)20(27)13-16)24(35-25(33)29-17-8-6-15(14-28)7-9-17)21(10-11-22(30)31)34-18-4-2-1-3-5-18/h1-13,21,24,32H,(H,29,33)(H,30,31)/b11-10+/t21-,24-/m1/s1. The first-order valence-corrected chi connectivity index (χ1v) is 11.6. The van der Waals surface area contributed by atoms with Crippen molar-refractivity contribution >= 4 is 49.6 Å². The molecule has 178 valence electrons. The van der Waals surface area contributed by atoms with Crippen molar-refractivity contribution in [1.29, 1.82) is 5.26 Å². The van der Waals surface area contributed by atoms with Gasteiger partial charge in [-0.05, 0) is 70.5 Å². The molecule has 35 heavy (non-hydrogen) atoms. The number of phenols is 1. The largest absolute Gasteiger partial charge is 0.506 e. The van der Waals surface area contributed by atoms with Crippen molar-refractivity contribution in [3.8, 4) is 17.6 Å². The van der Waals surface area contributed by atoms with Crippen LogP contribution in [0.25, 0.3) is 0 Å². The van der Waals surface area contributed by atoms with E-state index in [0.29, 0.717) is 25.9 Å². The van der Waals surface area contributed by atoms with E-state index in [1.807, 2.05) is 6.07 Å². The van der Waals surface area contributed by atoms with E-state index in [4.69, 9.17) is 14.7 Å². The van der Waals surface area contributed by atoms with Crippen LogP contribution in [-0.2, 0) is 9.53 Å². The molecule has 0 saturated heterocycles. The molecule has 0 fully saturated rings. The average Bonchev–Trinajstić information content (AvgIpc) is 2.84. The molecule has 10 heteroatoms. The molecule has 0 bridgehead atoms. The monoisotopic (exact) mass is 600 g/mol. The number of nitrogens with zero attached hydrogens (tertiary/aromatic N) is 1. The quantitative estimate of drug-likeness (QED) is 0.263. The minimum Gasteiger partial charge on any atom is -0.506 e. The number of nitriles is 1. The Morgan fingerprint density at radius 2 is 1.74 bits per heavy atom. The van der Waals surface area contributed by atoms with Crippen molar-refractivity contribution in [2.75, 3.05) is 5.32 Å². The third-order valence-electron chi connectivity index (χ3n) is 4.60. The van der Waals surface area contributed by atoms with Gasteiger partial charge >= 0.3 is 12.1 Å². The molecule has 0 aromatic heterocycles. The van der Waals surface area contributed by atoms with E-state index < -0.39 is 24.3 Å². The lowest BCUT2D eigenvalue weighted by atomic mass is 10.0. The number of anilines is 1. The number of carbonyl (C=O) groups excluding carboxylic acids is 1. The van der Waals surface area contributed by atoms with Crippen molar-refractivity contribution < 1.29 is 29.3 Å². The molecule has 3 aromatic carbocycles. The fourth-order valence-corrected chi connectivity index (χ4v) is 4.29. The number of amides is 1. The zero-order valence-electron chi connectivity index (χ0n) is 17.9. The van der Waals surface area contributed by atoms with Crippen molar-refractivity contribution in [2.45, 2.75) is 12.2 Å². The van der Waals surface area contributed by atoms with Crippen LogP contribution in [0.5, 0.6) is 11.5 Å². The number of hydrogen-bond acceptors (Lipinski definition) is 6. The Hall–Kier alpha value is -3.81. The molecule has 0 heterocycles. The van der Waals surface area contributed by atoms with E-state index >= 15 is 0 Å². The van der Waals surface area contributed by atoms with Crippen LogP contribution < -0.4 is 10.1 Å². The first kappa shape index (κ1) is 25.8. The second-order valence-electron chi connectivity index (χ2n) is 7.06. The average molecular weight is 602 g/mol. The van der Waals surface area contributed by atoms with E-state index in [9.17, 15) is 19.8 Å². The van der Waals surface area contributed by atoms with Crippen LogP contribution in [0.4, 0.5) is 10.5 Å². The Kier molecular flexibility index (Phi) is 8.89. The Morgan fingerprint density at radius 3 is 2.37 bits per heavy atom. The second-order valence-corrected chi connectivity index (χ2v) is 8.83. The number of nitrogens with one attached hydrogen (secondary N) is 1. The highest BCUT2D eigenvalue weighted by Gasteiger charge is 2.31. The van der Waals surface area contributed by atoms with Crippen molar-refractivity contribution in [3.63, 3.8) is 0 Å². The summed E-state index contributed by atoms with van der Waals surface area (Å²) in [7, 11) is 0. The minimum atomic E-state index is -1.27. The predicted molar refractivity (Wildman–Crippen MR) is 135 cm³/mol. The molecule has 0 aliphatic heterocycles. The normalized spacial score (nSPS) is 12.4. The number of para-hydroxylation sites is 1. The highest BCUT2D eigenvalue weighted by Crippen LogP contribution is 2.39. The summed E-state index contributed by atoms with van der Waals surface area (Å²) in [5.74, 6) is -1.05. The molecule has 3 rings (SSSR count). The summed E-state index contributed by atoms with van der Waals surface area (Å²) in [5.41, 5.74) is 0.951. The van der Waals surface area contributed by atoms with Gasteiger partial charge in [0.15, 0.2) is 12.2 Å². The van der Waals surface area contributed by atoms with Crippen molar-refractivity contribution in [3.05, 3.63) is 99.0 Å². The van der Waals surface area contributed by atoms with E-state index in [-0.39, 0.29) is 11.3 Å². The summed E-state index contributed by atoms with van der Waals surface area (Å²) in [6, 6.07) is 19.8. The first-order valence-electron chi connectivity index (χ1n) is 10.1. The Balaban J connectivity index is 2.00. The molecule has 0 unspecified atom stereocenters. The molecule has 2 atom stereocenters. The number of rotatable bonds is 8. The van der Waals surface area contributed by atoms with Gasteiger partial charge in [0.05, 0.1) is 16.1 Å². The lowest BCUT2D eigenvalue weighted by Gasteiger charge is -2.27. The van der Waals surface area contributed by atoms with Crippen LogP contribution in [0.1, 0.15) is 17.2 Å². The smallest absolute Gasteiger partial charge is 0.412 e. The fourth-order valence-electron chi connectivity index (χ4n) is 3.04. The number of benzene rings is 3. The van der Waals surface area contributed by atoms with Gasteiger partial charge in [0.1, 0.15) is 11.5 Å². The molecule has 0 aliphatic carbocycles. The molecule has 3 N–H and O–H groups in total. The maximum absolute atomic E-state index is 12.8. The fraction of sp³-hybridized carbons (Fsp3) is 0.0800. The molecule has 8 nitrogen and oxygen atoms in total. The van der Waals surface area contributed by atoms with Crippen LogP contribution in [0.3, 0.4) is 0 Å². The van der Waals surface area contributed by atoms with Gasteiger partial charge in [-0.2, -0.15) is 5.26 Å². The maximum atomic E-state index is 12.8. The lowest BCUT2D eigenvalue weighted by Crippen LogP contribution is -2.30. The molecule has 0 aliphatic rings. The number of carboxylic acids is 1. The van der Waals surface area contributed by atoms with E-state index in [1.165, 1.54) is 36.4 Å². The summed E-state index contributed by atoms with van der Waals surface area (Å²) >= 11 is 6.61. The minimum absolute atomic E-state index is 0.164. The van der Waals surface area contributed by atoms with Gasteiger partial charge in [0, 0.05) is 21.8 Å². The van der Waals surface area contributed by atoms with Gasteiger partial charge in [-0.1, -0.05) is 34.1 Å². The second kappa shape index (κ2) is 12.1. The third-order valence-corrected chi connectivity index (χ3v) is 5.66. The molecular weight excluding hydrogens is 584 g/mol. The summed E-state index contributed by atoms with van der Waals surface area (Å²) in [6.45, 7) is 0. The van der Waals surface area contributed by atoms with Crippen LogP contribution in [0.2, 0.25) is 0 Å². The molecule has 3 aromatic rings. The summed E-state index contributed by atoms with van der Waals surface area (Å²) < 4.78 is 12.5. The number of halogens is 2. The number of aromatic hydroxyl groups is 1. The predicted octanol–water partition coefficient (Wildman–Crippen LogP) is 6.17. The number of carboxylic acid groups (broad SMARTS) is 1. The number of carbonyl (C=O) groups is 2. The SMILES string of the molecule is N#Cc1ccc(NC(=O)O[C@H](c2cc(Br)cc(Br)c2O)[C@@H](/C=C/C(=O)O)Oc2ccccc2)cc1. The third kappa shape index (κ3) is 7.34. The first-order chi connectivity index (χ1) is 16.8. The summed E-state index contributed by atoms with van der Waals surface area (Å²) in [6.07, 6.45) is -1.19. The van der Waals surface area contributed by atoms with Crippen LogP contribution in [0.15, 0.2) is 87.8 Å². The Labute approximate surface area is 217 Å². The topological polar surface area (TPSA) is 129 Å². The van der Waals surface area contributed by atoms with Crippen LogP contribution in [0, 0.1) is 11.3 Å². The van der Waals surface area contributed by atoms with E-state index in [1.54, 1.807) is 36.4 Å². The molecular formula is C25H18Br2N2O6. The van der Waals surface area contributed by atoms with Crippen LogP contribution >= 0.6 is 31.9 Å². The number of hydrogen-bond donors (Lipinski definition) is 3. The number of ether oxygens (including phenoxy) is 2. The summed E-state index contributed by atoms with van der Waals surface area (Å²) in [5, 5.41) is 31.4. The summed E-state index contributed by atoms with van der Waals surface area (Å²) in [4.78, 5) is 24.1. The van der Waals surface area contributed by atoms with Gasteiger partial charge < -0.3 is 19.7 Å². The zero-order valence-corrected chi connectivity index (χ0v) is 21.1.